The summed E-state index contributed by atoms with van der Waals surface area (Å²) in [5, 5.41) is 3.20. The molecule has 0 saturated heterocycles. The Bertz CT molecular complexity index is 2090. The average molecular weight is 677 g/mol. The Morgan fingerprint density at radius 3 is 1.18 bits per heavy atom. The molecule has 0 saturated carbocycles. The number of rotatable bonds is 10. The third kappa shape index (κ3) is 6.08. The van der Waals surface area contributed by atoms with Crippen LogP contribution in [0.15, 0.2) is 146 Å². The topological polar surface area (TPSA) is 0 Å². The fourth-order valence-corrected chi connectivity index (χ4v) is 13.0. The lowest BCUT2D eigenvalue weighted by atomic mass is 9.95. The monoisotopic (exact) mass is 676 g/mol. The second-order valence-corrected chi connectivity index (χ2v) is 19.2. The number of aryl methyl sites for hydroxylation is 2. The van der Waals surface area contributed by atoms with E-state index in [1.165, 1.54) is 90.7 Å². The lowest BCUT2D eigenvalue weighted by molar-refractivity contribution is 0.922. The lowest BCUT2D eigenvalue weighted by Gasteiger charge is -2.33. The van der Waals surface area contributed by atoms with E-state index in [1.54, 1.807) is 10.4 Å². The summed E-state index contributed by atoms with van der Waals surface area (Å²) in [4.78, 5) is 0. The van der Waals surface area contributed by atoms with E-state index in [2.05, 4.69) is 173 Å². The molecule has 0 fully saturated rings. The van der Waals surface area contributed by atoms with E-state index >= 15 is 0 Å². The Morgan fingerprint density at radius 2 is 0.804 bits per heavy atom. The molecule has 0 atom stereocenters. The molecule has 0 nitrogen and oxygen atoms in total. The summed E-state index contributed by atoms with van der Waals surface area (Å²) in [5.41, 5.74) is 19.8. The van der Waals surface area contributed by atoms with E-state index < -0.39 is 8.07 Å². The highest BCUT2D eigenvalue weighted by atomic mass is 28.3. The van der Waals surface area contributed by atoms with Crippen molar-refractivity contribution >= 4 is 29.6 Å². The van der Waals surface area contributed by atoms with Crippen LogP contribution in [0.5, 0.6) is 0 Å². The molecule has 0 heterocycles. The second kappa shape index (κ2) is 14.0. The molecule has 252 valence electrons. The van der Waals surface area contributed by atoms with E-state index in [1.807, 2.05) is 0 Å². The Balaban J connectivity index is 1.39. The summed E-state index contributed by atoms with van der Waals surface area (Å²) in [5.74, 6) is 0. The van der Waals surface area contributed by atoms with Crippen LogP contribution in [0.25, 0.3) is 43.8 Å². The third-order valence-corrected chi connectivity index (χ3v) is 14.8. The van der Waals surface area contributed by atoms with Crippen molar-refractivity contribution in [2.45, 2.75) is 65.5 Å². The summed E-state index contributed by atoms with van der Waals surface area (Å²) in [7, 11) is -2.45. The second-order valence-electron chi connectivity index (χ2n) is 15.0. The number of hydrogen-bond donors (Lipinski definition) is 0. The Labute approximate surface area is 306 Å². The Morgan fingerprint density at radius 1 is 0.412 bits per heavy atom. The van der Waals surface area contributed by atoms with Gasteiger partial charge in [-0.1, -0.05) is 185 Å². The third-order valence-electron chi connectivity index (χ3n) is 11.2. The van der Waals surface area contributed by atoms with E-state index in [0.717, 1.165) is 25.7 Å². The van der Waals surface area contributed by atoms with Crippen molar-refractivity contribution in [3.05, 3.63) is 190 Å². The van der Waals surface area contributed by atoms with Crippen LogP contribution in [0.1, 0.15) is 71.2 Å². The molecule has 2 aliphatic rings. The van der Waals surface area contributed by atoms with Crippen LogP contribution < -0.4 is 0 Å². The molecule has 0 amide bonds. The lowest BCUT2D eigenvalue weighted by Crippen LogP contribution is -2.31. The highest BCUT2D eigenvalue weighted by Crippen LogP contribution is 2.55. The van der Waals surface area contributed by atoms with Gasteiger partial charge in [-0.15, -0.1) is 0 Å². The van der Waals surface area contributed by atoms with Gasteiger partial charge in [-0.2, -0.15) is 0 Å². The minimum atomic E-state index is -2.45. The standard InChI is InChI=1S/C50H48Si/c1-5-15-35-25-29-39(30-26-35)43-23-13-21-41-33-45(37-17-9-7-10-18-37)49(47(41)43)51(3,4)50-46(38-19-11-8-12-20-38)34-42-22-14-24-44(48(42)50)40-31-27-36(16-6-2)28-32-40/h7-14,17-32H,5-6,15-16,33-34H2,1-4H3. The number of hydrogen-bond acceptors (Lipinski definition) is 0. The first-order chi connectivity index (χ1) is 25.0. The highest BCUT2D eigenvalue weighted by Gasteiger charge is 2.44. The molecule has 8 rings (SSSR count). The summed E-state index contributed by atoms with van der Waals surface area (Å²) in [6.07, 6.45) is 6.51. The molecule has 6 aromatic rings. The van der Waals surface area contributed by atoms with Gasteiger partial charge in [0.05, 0.1) is 0 Å². The zero-order valence-corrected chi connectivity index (χ0v) is 31.6. The van der Waals surface area contributed by atoms with Crippen molar-refractivity contribution in [3.63, 3.8) is 0 Å². The van der Waals surface area contributed by atoms with Gasteiger partial charge >= 0.3 is 0 Å². The van der Waals surface area contributed by atoms with Crippen molar-refractivity contribution in [2.75, 3.05) is 0 Å². The van der Waals surface area contributed by atoms with Gasteiger partial charge in [0.25, 0.3) is 0 Å². The fraction of sp³-hybridized carbons (Fsp3) is 0.200. The van der Waals surface area contributed by atoms with Gasteiger partial charge in [-0.25, -0.2) is 0 Å². The molecular weight excluding hydrogens is 629 g/mol. The largest absolute Gasteiger partial charge is 0.114 e. The first-order valence-corrected chi connectivity index (χ1v) is 22.0. The Hall–Kier alpha value is -4.98. The number of fused-ring (bicyclic) bond motifs is 2. The van der Waals surface area contributed by atoms with Crippen molar-refractivity contribution in [2.24, 2.45) is 0 Å². The molecule has 51 heavy (non-hydrogen) atoms. The van der Waals surface area contributed by atoms with Gasteiger partial charge in [-0.05, 0) is 114 Å². The maximum atomic E-state index is 2.65. The van der Waals surface area contributed by atoms with Crippen LogP contribution in [-0.4, -0.2) is 8.07 Å². The summed E-state index contributed by atoms with van der Waals surface area (Å²) in [6, 6.07) is 55.5. The predicted octanol–water partition coefficient (Wildman–Crippen LogP) is 13.3. The minimum absolute atomic E-state index is 0.966. The van der Waals surface area contributed by atoms with Crippen LogP contribution >= 0.6 is 0 Å². The van der Waals surface area contributed by atoms with Gasteiger partial charge in [0.15, 0.2) is 0 Å². The molecule has 0 N–H and O–H groups in total. The quantitative estimate of drug-likeness (QED) is 0.127. The van der Waals surface area contributed by atoms with Gasteiger partial charge < -0.3 is 0 Å². The van der Waals surface area contributed by atoms with Crippen molar-refractivity contribution < 1.29 is 0 Å². The van der Waals surface area contributed by atoms with Gasteiger partial charge in [0, 0.05) is 0 Å². The Kier molecular flexibility index (Phi) is 9.09. The normalized spacial score (nSPS) is 13.9. The minimum Gasteiger partial charge on any atom is -0.0651 e. The molecule has 0 bridgehead atoms. The summed E-state index contributed by atoms with van der Waals surface area (Å²) in [6.45, 7) is 9.82. The smallest absolute Gasteiger partial charge is 0.0651 e. The molecule has 0 radical (unpaired) electrons. The summed E-state index contributed by atoms with van der Waals surface area (Å²) < 4.78 is 0. The molecule has 6 aromatic carbocycles. The average Bonchev–Trinajstić information content (AvgIpc) is 3.78. The number of benzene rings is 6. The van der Waals surface area contributed by atoms with E-state index in [4.69, 9.17) is 0 Å². The van der Waals surface area contributed by atoms with Gasteiger partial charge in [-0.3, -0.25) is 0 Å². The van der Waals surface area contributed by atoms with Gasteiger partial charge in [0.2, 0.25) is 0 Å². The summed E-state index contributed by atoms with van der Waals surface area (Å²) >= 11 is 0. The molecule has 0 aliphatic heterocycles. The molecule has 0 unspecified atom stereocenters. The van der Waals surface area contributed by atoms with Gasteiger partial charge in [0.1, 0.15) is 8.07 Å². The van der Waals surface area contributed by atoms with Crippen LogP contribution in [-0.2, 0) is 25.7 Å². The predicted molar refractivity (Wildman–Crippen MR) is 223 cm³/mol. The first-order valence-electron chi connectivity index (χ1n) is 19.0. The van der Waals surface area contributed by atoms with E-state index in [-0.39, 0.29) is 0 Å². The molecule has 0 aromatic heterocycles. The molecule has 1 heteroatoms. The zero-order chi connectivity index (χ0) is 35.0. The van der Waals surface area contributed by atoms with Crippen molar-refractivity contribution in [1.82, 2.24) is 0 Å². The SMILES string of the molecule is CCCc1ccc(-c2cccc3c2C([Si](C)(C)C2=C(c4ccccc4)Cc4cccc(-c5ccc(CCC)cc5)c42)=C(c2ccccc2)C3)cc1. The van der Waals surface area contributed by atoms with Crippen LogP contribution in [0, 0.1) is 0 Å². The van der Waals surface area contributed by atoms with Crippen LogP contribution in [0.3, 0.4) is 0 Å². The van der Waals surface area contributed by atoms with E-state index in [0.29, 0.717) is 0 Å². The maximum absolute atomic E-state index is 2.65. The highest BCUT2D eigenvalue weighted by molar-refractivity contribution is 7.10. The van der Waals surface area contributed by atoms with Crippen LogP contribution in [0.4, 0.5) is 0 Å². The van der Waals surface area contributed by atoms with Crippen molar-refractivity contribution in [1.29, 1.82) is 0 Å². The molecule has 2 aliphatic carbocycles. The van der Waals surface area contributed by atoms with E-state index in [9.17, 15) is 0 Å². The fourth-order valence-electron chi connectivity index (χ4n) is 8.98. The zero-order valence-electron chi connectivity index (χ0n) is 30.6. The van der Waals surface area contributed by atoms with Crippen LogP contribution in [0.2, 0.25) is 13.1 Å². The molecule has 0 spiro atoms. The maximum Gasteiger partial charge on any atom is 0.114 e. The van der Waals surface area contributed by atoms with Crippen molar-refractivity contribution in [3.8, 4) is 22.3 Å². The first kappa shape index (κ1) is 33.2. The molecular formula is C50H48Si. The number of allylic oxidation sites excluding steroid dienone is 2.